The zero-order chi connectivity index (χ0) is 25.2. The zero-order valence-corrected chi connectivity index (χ0v) is 20.8. The lowest BCUT2D eigenvalue weighted by atomic mass is 9.94. The minimum Gasteiger partial charge on any atom is -0.494 e. The van der Waals surface area contributed by atoms with Crippen LogP contribution in [0.5, 0.6) is 11.5 Å². The third-order valence-electron chi connectivity index (χ3n) is 6.23. The molecule has 0 aliphatic carbocycles. The van der Waals surface area contributed by atoms with Crippen LogP contribution in [0.3, 0.4) is 0 Å². The van der Waals surface area contributed by atoms with E-state index in [1.165, 1.54) is 0 Å². The fraction of sp³-hybridized carbons (Fsp3) is 0.194. The standard InChI is InChI=1S/C31H29NO4/c1-20-18-21(2)35-30-25(20)14-15-26-28(30)27(22-10-6-5-7-11-22)31(36-26)29(33)23-12-8-13-24(19-23)34-17-9-16-32(3)4/h5-8,10-15,18-19H,2,9,16-17H2,1,3-4H3. The normalized spacial score (nSPS) is 12.9. The number of ketones is 1. The Hall–Kier alpha value is -4.09. The third kappa shape index (κ3) is 4.58. The summed E-state index contributed by atoms with van der Waals surface area (Å²) in [6.45, 7) is 7.54. The van der Waals surface area contributed by atoms with E-state index in [0.29, 0.717) is 40.6 Å². The van der Waals surface area contributed by atoms with Crippen molar-refractivity contribution in [3.8, 4) is 22.6 Å². The Bertz CT molecular complexity index is 1480. The van der Waals surface area contributed by atoms with Crippen LogP contribution in [0.25, 0.3) is 27.7 Å². The summed E-state index contributed by atoms with van der Waals surface area (Å²) in [5.74, 6) is 1.95. The molecule has 3 aromatic carbocycles. The molecule has 0 amide bonds. The molecule has 0 atom stereocenters. The second-order valence-corrected chi connectivity index (χ2v) is 9.25. The largest absolute Gasteiger partial charge is 0.494 e. The fourth-order valence-corrected chi connectivity index (χ4v) is 4.53. The van der Waals surface area contributed by atoms with Gasteiger partial charge in [0.1, 0.15) is 22.8 Å². The smallest absolute Gasteiger partial charge is 0.229 e. The SMILES string of the molecule is C=C1C=C(C)c2ccc3oc(C(=O)c4cccc(OCCCN(C)C)c4)c(-c4ccccc4)c3c2O1. The van der Waals surface area contributed by atoms with Gasteiger partial charge in [-0.1, -0.05) is 49.0 Å². The van der Waals surface area contributed by atoms with E-state index in [1.807, 2.05) is 81.7 Å². The highest BCUT2D eigenvalue weighted by molar-refractivity contribution is 6.17. The van der Waals surface area contributed by atoms with Crippen molar-refractivity contribution in [2.24, 2.45) is 0 Å². The number of fused-ring (bicyclic) bond motifs is 3. The number of rotatable bonds is 8. The van der Waals surface area contributed by atoms with Gasteiger partial charge in [-0.3, -0.25) is 4.79 Å². The van der Waals surface area contributed by atoms with Gasteiger partial charge in [-0.05, 0) is 68.9 Å². The molecule has 5 rings (SSSR count). The first-order valence-electron chi connectivity index (χ1n) is 12.0. The van der Waals surface area contributed by atoms with Crippen LogP contribution in [0, 0.1) is 0 Å². The maximum atomic E-state index is 13.9. The van der Waals surface area contributed by atoms with Crippen molar-refractivity contribution in [1.82, 2.24) is 4.90 Å². The van der Waals surface area contributed by atoms with Crippen LogP contribution in [0.2, 0.25) is 0 Å². The number of hydrogen-bond donors (Lipinski definition) is 0. The fourth-order valence-electron chi connectivity index (χ4n) is 4.53. The Morgan fingerprint density at radius 1 is 1.03 bits per heavy atom. The zero-order valence-electron chi connectivity index (χ0n) is 20.8. The third-order valence-corrected chi connectivity index (χ3v) is 6.23. The molecular weight excluding hydrogens is 450 g/mol. The first-order chi connectivity index (χ1) is 17.4. The number of benzene rings is 3. The number of carbonyl (C=O) groups is 1. The van der Waals surface area contributed by atoms with Gasteiger partial charge in [-0.2, -0.15) is 0 Å². The number of nitrogens with zero attached hydrogens (tertiary/aromatic N) is 1. The second kappa shape index (κ2) is 9.88. The van der Waals surface area contributed by atoms with Crippen LogP contribution in [0.1, 0.15) is 35.0 Å². The molecule has 0 unspecified atom stereocenters. The maximum Gasteiger partial charge on any atom is 0.229 e. The predicted molar refractivity (Wildman–Crippen MR) is 144 cm³/mol. The molecule has 0 saturated carbocycles. The Morgan fingerprint density at radius 3 is 2.61 bits per heavy atom. The minimum atomic E-state index is -0.209. The number of allylic oxidation sites excluding steroid dienone is 2. The first-order valence-corrected chi connectivity index (χ1v) is 12.0. The monoisotopic (exact) mass is 479 g/mol. The van der Waals surface area contributed by atoms with Gasteiger partial charge in [-0.15, -0.1) is 0 Å². The van der Waals surface area contributed by atoms with Gasteiger partial charge in [0, 0.05) is 23.2 Å². The summed E-state index contributed by atoms with van der Waals surface area (Å²) < 4.78 is 18.3. The van der Waals surface area contributed by atoms with Crippen molar-refractivity contribution in [2.45, 2.75) is 13.3 Å². The molecule has 182 valence electrons. The van der Waals surface area contributed by atoms with Crippen LogP contribution < -0.4 is 9.47 Å². The van der Waals surface area contributed by atoms with Gasteiger partial charge >= 0.3 is 0 Å². The Balaban J connectivity index is 1.60. The lowest BCUT2D eigenvalue weighted by Gasteiger charge is -2.18. The van der Waals surface area contributed by atoms with Gasteiger partial charge < -0.3 is 18.8 Å². The number of hydrogen-bond acceptors (Lipinski definition) is 5. The average molecular weight is 480 g/mol. The summed E-state index contributed by atoms with van der Waals surface area (Å²) in [7, 11) is 4.07. The van der Waals surface area contributed by atoms with E-state index >= 15 is 0 Å². The first kappa shape index (κ1) is 23.6. The number of ether oxygens (including phenoxy) is 2. The van der Waals surface area contributed by atoms with Gasteiger partial charge in [0.25, 0.3) is 0 Å². The van der Waals surface area contributed by atoms with Gasteiger partial charge in [0.2, 0.25) is 5.78 Å². The lowest BCUT2D eigenvalue weighted by Crippen LogP contribution is -2.15. The van der Waals surface area contributed by atoms with E-state index in [4.69, 9.17) is 13.9 Å². The molecular formula is C31H29NO4. The number of furan rings is 1. The Morgan fingerprint density at radius 2 is 1.83 bits per heavy atom. The van der Waals surface area contributed by atoms with Crippen LogP contribution in [-0.4, -0.2) is 37.9 Å². The Labute approximate surface area is 211 Å². The molecule has 36 heavy (non-hydrogen) atoms. The highest BCUT2D eigenvalue weighted by atomic mass is 16.5. The summed E-state index contributed by atoms with van der Waals surface area (Å²) in [5, 5.41) is 0.770. The summed E-state index contributed by atoms with van der Waals surface area (Å²) in [6, 6.07) is 20.9. The Kier molecular flexibility index (Phi) is 6.49. The number of carbonyl (C=O) groups excluding carboxylic acids is 1. The van der Waals surface area contributed by atoms with Crippen molar-refractivity contribution in [3.05, 3.63) is 102 Å². The molecule has 0 N–H and O–H groups in total. The summed E-state index contributed by atoms with van der Waals surface area (Å²) in [6.07, 6.45) is 2.81. The summed E-state index contributed by atoms with van der Waals surface area (Å²) in [4.78, 5) is 16.0. The predicted octanol–water partition coefficient (Wildman–Crippen LogP) is 6.97. The van der Waals surface area contributed by atoms with E-state index in [-0.39, 0.29) is 11.5 Å². The molecule has 0 radical (unpaired) electrons. The van der Waals surface area contributed by atoms with Crippen LogP contribution >= 0.6 is 0 Å². The maximum absolute atomic E-state index is 13.9. The molecule has 4 aromatic rings. The molecule has 2 heterocycles. The molecule has 5 nitrogen and oxygen atoms in total. The molecule has 0 fully saturated rings. The summed E-state index contributed by atoms with van der Waals surface area (Å²) in [5.41, 5.74) is 4.70. The van der Waals surface area contributed by atoms with Crippen LogP contribution in [0.4, 0.5) is 0 Å². The molecule has 0 bridgehead atoms. The van der Waals surface area contributed by atoms with Gasteiger partial charge in [0.05, 0.1) is 12.0 Å². The average Bonchev–Trinajstić information content (AvgIpc) is 3.27. The highest BCUT2D eigenvalue weighted by Crippen LogP contribution is 2.46. The molecule has 1 aromatic heterocycles. The van der Waals surface area contributed by atoms with Crippen LogP contribution in [0.15, 0.2) is 89.6 Å². The van der Waals surface area contributed by atoms with E-state index in [0.717, 1.165) is 35.1 Å². The summed E-state index contributed by atoms with van der Waals surface area (Å²) >= 11 is 0. The van der Waals surface area contributed by atoms with E-state index < -0.39 is 0 Å². The van der Waals surface area contributed by atoms with Gasteiger partial charge in [-0.25, -0.2) is 0 Å². The van der Waals surface area contributed by atoms with E-state index in [1.54, 1.807) is 12.1 Å². The van der Waals surface area contributed by atoms with E-state index in [9.17, 15) is 4.79 Å². The topological polar surface area (TPSA) is 51.9 Å². The quantitative estimate of drug-likeness (QED) is 0.202. The second-order valence-electron chi connectivity index (χ2n) is 9.25. The minimum absolute atomic E-state index is 0.209. The van der Waals surface area contributed by atoms with Crippen molar-refractivity contribution in [1.29, 1.82) is 0 Å². The molecule has 5 heteroatoms. The van der Waals surface area contributed by atoms with E-state index in [2.05, 4.69) is 11.5 Å². The van der Waals surface area contributed by atoms with Crippen molar-refractivity contribution in [3.63, 3.8) is 0 Å². The van der Waals surface area contributed by atoms with Crippen LogP contribution in [-0.2, 0) is 0 Å². The molecule has 1 aliphatic rings. The molecule has 0 spiro atoms. The van der Waals surface area contributed by atoms with Crippen molar-refractivity contribution in [2.75, 3.05) is 27.2 Å². The van der Waals surface area contributed by atoms with Crippen molar-refractivity contribution < 1.29 is 18.7 Å². The molecule has 1 aliphatic heterocycles. The molecule has 0 saturated heterocycles. The van der Waals surface area contributed by atoms with Gasteiger partial charge in [0.15, 0.2) is 5.76 Å². The highest BCUT2D eigenvalue weighted by Gasteiger charge is 2.28. The lowest BCUT2D eigenvalue weighted by molar-refractivity contribution is 0.101. The van der Waals surface area contributed by atoms with Crippen molar-refractivity contribution >= 4 is 22.3 Å².